The highest BCUT2D eigenvalue weighted by Crippen LogP contribution is 2.05. The van der Waals surface area contributed by atoms with Gasteiger partial charge in [0.05, 0.1) is 0 Å². The maximum atomic E-state index is 11.5. The molecule has 2 nitrogen and oxygen atoms in total. The molecule has 14 heavy (non-hydrogen) atoms. The van der Waals surface area contributed by atoms with Gasteiger partial charge in [-0.3, -0.25) is 4.79 Å². The number of carbonyl (C=O) groups is 1. The lowest BCUT2D eigenvalue weighted by Crippen LogP contribution is -2.31. The number of nitrogens with zero attached hydrogens (tertiary/aromatic N) is 1. The van der Waals surface area contributed by atoms with Crippen molar-refractivity contribution in [2.75, 3.05) is 13.6 Å². The third-order valence-corrected chi connectivity index (χ3v) is 2.33. The number of carbonyl (C=O) groups excluding carboxylic acids is 1. The second-order valence-corrected chi connectivity index (χ2v) is 4.61. The fraction of sp³-hybridized carbons (Fsp3) is 0.909. The summed E-state index contributed by atoms with van der Waals surface area (Å²) in [5.74, 6) is 0.216. The van der Waals surface area contributed by atoms with Gasteiger partial charge in [-0.05, 0) is 13.3 Å². The quantitative estimate of drug-likeness (QED) is 0.476. The molecular weight excluding hydrogens is 198 g/mol. The van der Waals surface area contributed by atoms with E-state index in [-0.39, 0.29) is 11.3 Å². The molecule has 0 fully saturated rings. The van der Waals surface area contributed by atoms with Gasteiger partial charge >= 0.3 is 0 Å². The Morgan fingerprint density at radius 1 is 1.36 bits per heavy atom. The first-order valence-corrected chi connectivity index (χ1v) is 5.89. The molecule has 0 saturated carbocycles. The van der Waals surface area contributed by atoms with Crippen LogP contribution < -0.4 is 0 Å². The lowest BCUT2D eigenvalue weighted by atomic mass is 10.1. The SMILES string of the molecule is CCCCCCC(=O)N(C)CC(C)Cl. The number of hydrogen-bond acceptors (Lipinski definition) is 1. The van der Waals surface area contributed by atoms with Crippen molar-refractivity contribution < 1.29 is 4.79 Å². The molecule has 1 amide bonds. The van der Waals surface area contributed by atoms with E-state index in [2.05, 4.69) is 6.92 Å². The minimum atomic E-state index is 0.0413. The molecule has 0 aromatic rings. The van der Waals surface area contributed by atoms with Crippen molar-refractivity contribution in [1.29, 1.82) is 0 Å². The third-order valence-electron chi connectivity index (χ3n) is 2.20. The van der Waals surface area contributed by atoms with E-state index in [0.717, 1.165) is 12.8 Å². The molecule has 84 valence electrons. The number of unbranched alkanes of at least 4 members (excludes halogenated alkanes) is 3. The number of amides is 1. The van der Waals surface area contributed by atoms with E-state index in [4.69, 9.17) is 11.6 Å². The minimum absolute atomic E-state index is 0.0413. The van der Waals surface area contributed by atoms with Crippen LogP contribution >= 0.6 is 11.6 Å². The van der Waals surface area contributed by atoms with Gasteiger partial charge in [0.2, 0.25) is 5.91 Å². The second kappa shape index (κ2) is 8.10. The van der Waals surface area contributed by atoms with Crippen LogP contribution in [0.2, 0.25) is 0 Å². The molecule has 0 bridgehead atoms. The summed E-state index contributed by atoms with van der Waals surface area (Å²) >= 11 is 5.81. The third kappa shape index (κ3) is 7.19. The average Bonchev–Trinajstić information content (AvgIpc) is 2.11. The Balaban J connectivity index is 3.52. The van der Waals surface area contributed by atoms with Gasteiger partial charge in [0.25, 0.3) is 0 Å². The molecule has 0 N–H and O–H groups in total. The van der Waals surface area contributed by atoms with Crippen molar-refractivity contribution in [1.82, 2.24) is 4.90 Å². The van der Waals surface area contributed by atoms with Crippen LogP contribution in [0.5, 0.6) is 0 Å². The maximum Gasteiger partial charge on any atom is 0.222 e. The summed E-state index contributed by atoms with van der Waals surface area (Å²) in [6, 6.07) is 0. The molecular formula is C11H22ClNO. The van der Waals surface area contributed by atoms with Gasteiger partial charge in [0.1, 0.15) is 0 Å². The molecule has 0 rings (SSSR count). The van der Waals surface area contributed by atoms with Crippen LogP contribution in [0, 0.1) is 0 Å². The van der Waals surface area contributed by atoms with Gasteiger partial charge in [0.15, 0.2) is 0 Å². The highest BCUT2D eigenvalue weighted by atomic mass is 35.5. The van der Waals surface area contributed by atoms with Crippen molar-refractivity contribution >= 4 is 17.5 Å². The predicted octanol–water partition coefficient (Wildman–Crippen LogP) is 3.04. The molecule has 0 aromatic heterocycles. The molecule has 0 heterocycles. The first-order valence-electron chi connectivity index (χ1n) is 5.46. The minimum Gasteiger partial charge on any atom is -0.344 e. The van der Waals surface area contributed by atoms with Crippen molar-refractivity contribution in [2.24, 2.45) is 0 Å². The van der Waals surface area contributed by atoms with Gasteiger partial charge in [-0.1, -0.05) is 26.2 Å². The van der Waals surface area contributed by atoms with Crippen molar-refractivity contribution in [3.8, 4) is 0 Å². The number of alkyl halides is 1. The van der Waals surface area contributed by atoms with Gasteiger partial charge in [-0.25, -0.2) is 0 Å². The zero-order valence-electron chi connectivity index (χ0n) is 9.55. The van der Waals surface area contributed by atoms with Crippen molar-refractivity contribution in [3.63, 3.8) is 0 Å². The van der Waals surface area contributed by atoms with Crippen LogP contribution in [0.15, 0.2) is 0 Å². The molecule has 0 saturated heterocycles. The Morgan fingerprint density at radius 2 is 2.00 bits per heavy atom. The summed E-state index contributed by atoms with van der Waals surface area (Å²) in [5, 5.41) is 0.0413. The fourth-order valence-electron chi connectivity index (χ4n) is 1.37. The largest absolute Gasteiger partial charge is 0.344 e. The monoisotopic (exact) mass is 219 g/mol. The second-order valence-electron chi connectivity index (χ2n) is 3.87. The zero-order valence-corrected chi connectivity index (χ0v) is 10.3. The Labute approximate surface area is 92.6 Å². The summed E-state index contributed by atoms with van der Waals surface area (Å²) < 4.78 is 0. The lowest BCUT2D eigenvalue weighted by Gasteiger charge is -2.18. The number of rotatable bonds is 7. The van der Waals surface area contributed by atoms with Crippen molar-refractivity contribution in [2.45, 2.75) is 51.3 Å². The van der Waals surface area contributed by atoms with E-state index >= 15 is 0 Å². The van der Waals surface area contributed by atoms with E-state index in [0.29, 0.717) is 13.0 Å². The highest BCUT2D eigenvalue weighted by Gasteiger charge is 2.09. The molecule has 0 aliphatic heterocycles. The van der Waals surface area contributed by atoms with Gasteiger partial charge in [-0.15, -0.1) is 11.6 Å². The van der Waals surface area contributed by atoms with Crippen molar-refractivity contribution in [3.05, 3.63) is 0 Å². The van der Waals surface area contributed by atoms with Crippen LogP contribution in [0.3, 0.4) is 0 Å². The van der Waals surface area contributed by atoms with E-state index < -0.39 is 0 Å². The van der Waals surface area contributed by atoms with E-state index in [1.165, 1.54) is 12.8 Å². The maximum absolute atomic E-state index is 11.5. The summed E-state index contributed by atoms with van der Waals surface area (Å²) in [6.07, 6.45) is 5.27. The first kappa shape index (κ1) is 13.8. The Kier molecular flexibility index (Phi) is 7.96. The van der Waals surface area contributed by atoms with Gasteiger partial charge < -0.3 is 4.90 Å². The zero-order chi connectivity index (χ0) is 11.0. The number of halogens is 1. The van der Waals surface area contributed by atoms with Crippen LogP contribution in [0.4, 0.5) is 0 Å². The Bertz CT molecular complexity index is 159. The standard InChI is InChI=1S/C11H22ClNO/c1-4-5-6-7-8-11(14)13(3)9-10(2)12/h10H,4-9H2,1-3H3. The first-order chi connectivity index (χ1) is 6.57. The fourth-order valence-corrected chi connectivity index (χ4v) is 1.58. The normalized spacial score (nSPS) is 12.6. The smallest absolute Gasteiger partial charge is 0.222 e. The Hall–Kier alpha value is -0.240. The summed E-state index contributed by atoms with van der Waals surface area (Å²) in [4.78, 5) is 13.2. The van der Waals surface area contributed by atoms with Crippen LogP contribution in [0.25, 0.3) is 0 Å². The summed E-state index contributed by atoms with van der Waals surface area (Å²) in [6.45, 7) is 4.72. The molecule has 1 atom stereocenters. The lowest BCUT2D eigenvalue weighted by molar-refractivity contribution is -0.130. The molecule has 0 aromatic carbocycles. The summed E-state index contributed by atoms with van der Waals surface area (Å²) in [5.41, 5.74) is 0. The molecule has 0 radical (unpaired) electrons. The molecule has 0 aliphatic carbocycles. The van der Waals surface area contributed by atoms with Crippen LogP contribution in [-0.2, 0) is 4.79 Å². The molecule has 0 aliphatic rings. The van der Waals surface area contributed by atoms with E-state index in [1.54, 1.807) is 4.90 Å². The predicted molar refractivity (Wildman–Crippen MR) is 61.7 cm³/mol. The molecule has 3 heteroatoms. The number of hydrogen-bond donors (Lipinski definition) is 0. The topological polar surface area (TPSA) is 20.3 Å². The average molecular weight is 220 g/mol. The van der Waals surface area contributed by atoms with Crippen LogP contribution in [0.1, 0.15) is 46.0 Å². The summed E-state index contributed by atoms with van der Waals surface area (Å²) in [7, 11) is 1.82. The van der Waals surface area contributed by atoms with Gasteiger partial charge in [0, 0.05) is 25.4 Å². The highest BCUT2D eigenvalue weighted by molar-refractivity contribution is 6.20. The van der Waals surface area contributed by atoms with Crippen LogP contribution in [-0.4, -0.2) is 29.8 Å². The molecule has 0 spiro atoms. The molecule has 1 unspecified atom stereocenters. The van der Waals surface area contributed by atoms with Gasteiger partial charge in [-0.2, -0.15) is 0 Å². The van der Waals surface area contributed by atoms with E-state index in [9.17, 15) is 4.79 Å². The van der Waals surface area contributed by atoms with E-state index in [1.807, 2.05) is 14.0 Å². The Morgan fingerprint density at radius 3 is 2.50 bits per heavy atom.